The number of aromatic amines is 1. The number of nitrogen functional groups attached to an aromatic ring is 1. The van der Waals surface area contributed by atoms with Crippen LogP contribution in [0.2, 0.25) is 0 Å². The molecule has 29 heavy (non-hydrogen) atoms. The number of amides is 1. The van der Waals surface area contributed by atoms with E-state index in [2.05, 4.69) is 15.3 Å². The van der Waals surface area contributed by atoms with Gasteiger partial charge >= 0.3 is 6.18 Å². The van der Waals surface area contributed by atoms with Gasteiger partial charge in [0.05, 0.1) is 11.8 Å². The van der Waals surface area contributed by atoms with Gasteiger partial charge in [0.2, 0.25) is 0 Å². The lowest BCUT2D eigenvalue weighted by atomic mass is 9.97. The molecule has 0 saturated heterocycles. The van der Waals surface area contributed by atoms with E-state index in [0.717, 1.165) is 28.9 Å². The Morgan fingerprint density at radius 1 is 1.17 bits per heavy atom. The lowest BCUT2D eigenvalue weighted by Crippen LogP contribution is -2.36. The molecule has 4 rings (SSSR count). The lowest BCUT2D eigenvalue weighted by Gasteiger charge is -2.30. The number of fused-ring (bicyclic) bond motifs is 1. The van der Waals surface area contributed by atoms with Crippen molar-refractivity contribution in [1.82, 2.24) is 14.9 Å². The van der Waals surface area contributed by atoms with E-state index in [-0.39, 0.29) is 11.9 Å². The van der Waals surface area contributed by atoms with Crippen LogP contribution in [0.3, 0.4) is 0 Å². The predicted octanol–water partition coefficient (Wildman–Crippen LogP) is 3.95. The lowest BCUT2D eigenvalue weighted by molar-refractivity contribution is -0.137. The molecule has 1 amide bonds. The second-order valence-corrected chi connectivity index (χ2v) is 6.80. The van der Waals surface area contributed by atoms with Gasteiger partial charge in [0.1, 0.15) is 5.69 Å². The zero-order valence-electron chi connectivity index (χ0n) is 15.3. The average molecular weight is 401 g/mol. The van der Waals surface area contributed by atoms with Gasteiger partial charge in [-0.3, -0.25) is 4.79 Å². The molecule has 2 heterocycles. The molecule has 0 bridgehead atoms. The molecule has 0 atom stereocenters. The number of alkyl halides is 3. The van der Waals surface area contributed by atoms with Crippen LogP contribution < -0.4 is 11.1 Å². The summed E-state index contributed by atoms with van der Waals surface area (Å²) in [4.78, 5) is 20.9. The number of nitrogens with two attached hydrogens (primary N) is 1. The van der Waals surface area contributed by atoms with Crippen molar-refractivity contribution in [3.8, 4) is 0 Å². The van der Waals surface area contributed by atoms with E-state index >= 15 is 0 Å². The first-order valence-corrected chi connectivity index (χ1v) is 8.96. The second-order valence-electron chi connectivity index (χ2n) is 6.80. The number of nitrogens with zero attached hydrogens (tertiary/aromatic N) is 2. The number of hydrogen-bond donors (Lipinski definition) is 3. The molecule has 1 aromatic heterocycles. The fraction of sp³-hybridized carbons (Fsp3) is 0.200. The minimum atomic E-state index is -4.36. The maximum absolute atomic E-state index is 12.7. The third-order valence-corrected chi connectivity index (χ3v) is 4.87. The molecular formula is C20H18F3N5O. The number of rotatable bonds is 3. The van der Waals surface area contributed by atoms with Crippen molar-refractivity contribution in [1.29, 1.82) is 0 Å². The summed E-state index contributed by atoms with van der Waals surface area (Å²) in [6.07, 6.45) is -2.33. The molecule has 4 N–H and O–H groups in total. The Balaban J connectivity index is 1.52. The summed E-state index contributed by atoms with van der Waals surface area (Å²) in [5.41, 5.74) is 8.60. The highest BCUT2D eigenvalue weighted by atomic mass is 19.4. The van der Waals surface area contributed by atoms with Gasteiger partial charge in [0, 0.05) is 24.5 Å². The van der Waals surface area contributed by atoms with Crippen LogP contribution >= 0.6 is 0 Å². The summed E-state index contributed by atoms with van der Waals surface area (Å²) in [7, 11) is 0. The topological polar surface area (TPSA) is 87.0 Å². The first-order chi connectivity index (χ1) is 13.8. The van der Waals surface area contributed by atoms with Crippen LogP contribution in [0.1, 0.15) is 27.2 Å². The zero-order valence-corrected chi connectivity index (χ0v) is 15.3. The molecule has 1 aliphatic rings. The number of H-pyrrole nitrogens is 1. The van der Waals surface area contributed by atoms with Crippen molar-refractivity contribution in [2.24, 2.45) is 0 Å². The van der Waals surface area contributed by atoms with Gasteiger partial charge in [-0.05, 0) is 47.9 Å². The van der Waals surface area contributed by atoms with Crippen LogP contribution in [0.5, 0.6) is 0 Å². The standard InChI is InChI=1S/C20H18F3N5O/c21-20(22,23)13-4-6-14(7-5-13)26-16-3-1-2-12-11-28(9-8-15(12)16)18(29)17-10-25-19(24)27-17/h1-7,10,26H,8-9,11H2,(H3,24,25,27). The van der Waals surface area contributed by atoms with E-state index in [9.17, 15) is 18.0 Å². The molecule has 0 fully saturated rings. The number of anilines is 3. The summed E-state index contributed by atoms with van der Waals surface area (Å²) in [5, 5.41) is 3.19. The Morgan fingerprint density at radius 3 is 2.59 bits per heavy atom. The quantitative estimate of drug-likeness (QED) is 0.620. The highest BCUT2D eigenvalue weighted by Gasteiger charge is 2.30. The summed E-state index contributed by atoms with van der Waals surface area (Å²) >= 11 is 0. The van der Waals surface area contributed by atoms with E-state index in [1.165, 1.54) is 18.3 Å². The number of carbonyl (C=O) groups excluding carboxylic acids is 1. The van der Waals surface area contributed by atoms with Gasteiger partial charge in [0.25, 0.3) is 5.91 Å². The van der Waals surface area contributed by atoms with Crippen LogP contribution in [0.4, 0.5) is 30.5 Å². The molecule has 6 nitrogen and oxygen atoms in total. The Bertz CT molecular complexity index is 1040. The van der Waals surface area contributed by atoms with Gasteiger partial charge in [-0.25, -0.2) is 4.98 Å². The fourth-order valence-corrected chi connectivity index (χ4v) is 3.41. The molecule has 0 saturated carbocycles. The Hall–Kier alpha value is -3.49. The van der Waals surface area contributed by atoms with Crippen molar-refractivity contribution < 1.29 is 18.0 Å². The van der Waals surface area contributed by atoms with Crippen molar-refractivity contribution in [2.75, 3.05) is 17.6 Å². The number of carbonyl (C=O) groups is 1. The number of benzene rings is 2. The molecule has 150 valence electrons. The van der Waals surface area contributed by atoms with Gasteiger partial charge in [-0.2, -0.15) is 13.2 Å². The van der Waals surface area contributed by atoms with Crippen LogP contribution in [-0.4, -0.2) is 27.3 Å². The maximum atomic E-state index is 12.7. The molecular weight excluding hydrogens is 383 g/mol. The van der Waals surface area contributed by atoms with Gasteiger partial charge in [-0.15, -0.1) is 0 Å². The summed E-state index contributed by atoms with van der Waals surface area (Å²) < 4.78 is 38.2. The second kappa shape index (κ2) is 7.16. The number of halogens is 3. The van der Waals surface area contributed by atoms with Gasteiger partial charge in [-0.1, -0.05) is 12.1 Å². The van der Waals surface area contributed by atoms with E-state index in [4.69, 9.17) is 5.73 Å². The van der Waals surface area contributed by atoms with Gasteiger partial charge < -0.3 is 20.9 Å². The first-order valence-electron chi connectivity index (χ1n) is 8.96. The Labute approximate surface area is 164 Å². The van der Waals surface area contributed by atoms with Crippen LogP contribution in [0.25, 0.3) is 0 Å². The Morgan fingerprint density at radius 2 is 1.93 bits per heavy atom. The van der Waals surface area contributed by atoms with Crippen LogP contribution in [-0.2, 0) is 19.1 Å². The Kier molecular flexibility index (Phi) is 4.65. The van der Waals surface area contributed by atoms with Crippen molar-refractivity contribution in [3.63, 3.8) is 0 Å². The van der Waals surface area contributed by atoms with Crippen LogP contribution in [0.15, 0.2) is 48.7 Å². The first kappa shape index (κ1) is 18.9. The van der Waals surface area contributed by atoms with E-state index in [1.807, 2.05) is 18.2 Å². The monoisotopic (exact) mass is 401 g/mol. The molecule has 1 aliphatic heterocycles. The fourth-order valence-electron chi connectivity index (χ4n) is 3.41. The third-order valence-electron chi connectivity index (χ3n) is 4.87. The number of nitrogens with one attached hydrogen (secondary N) is 2. The smallest absolute Gasteiger partial charge is 0.369 e. The summed E-state index contributed by atoms with van der Waals surface area (Å²) in [5.74, 6) is 0.00902. The van der Waals surface area contributed by atoms with E-state index in [1.54, 1.807) is 4.90 Å². The predicted molar refractivity (Wildman–Crippen MR) is 103 cm³/mol. The molecule has 0 aliphatic carbocycles. The van der Waals surface area contributed by atoms with Crippen LogP contribution in [0, 0.1) is 0 Å². The van der Waals surface area contributed by atoms with E-state index in [0.29, 0.717) is 30.9 Å². The molecule has 2 aromatic carbocycles. The van der Waals surface area contributed by atoms with Crippen molar-refractivity contribution >= 4 is 23.2 Å². The minimum absolute atomic E-state index is 0.180. The highest BCUT2D eigenvalue weighted by Crippen LogP contribution is 2.32. The molecule has 0 spiro atoms. The third kappa shape index (κ3) is 3.89. The SMILES string of the molecule is Nc1ncc(C(=O)N2CCc3c(cccc3Nc3ccc(C(F)(F)F)cc3)C2)[nH]1. The molecule has 0 unspecified atom stereocenters. The number of aromatic nitrogens is 2. The van der Waals surface area contributed by atoms with E-state index < -0.39 is 11.7 Å². The zero-order chi connectivity index (χ0) is 20.6. The maximum Gasteiger partial charge on any atom is 0.416 e. The normalized spacial score (nSPS) is 13.8. The largest absolute Gasteiger partial charge is 0.416 e. The van der Waals surface area contributed by atoms with Gasteiger partial charge in [0.15, 0.2) is 5.95 Å². The minimum Gasteiger partial charge on any atom is -0.369 e. The molecule has 9 heteroatoms. The molecule has 3 aromatic rings. The highest BCUT2D eigenvalue weighted by molar-refractivity contribution is 5.92. The van der Waals surface area contributed by atoms with Crippen molar-refractivity contribution in [2.45, 2.75) is 19.1 Å². The van der Waals surface area contributed by atoms with Crippen molar-refractivity contribution in [3.05, 3.63) is 71.0 Å². The molecule has 0 radical (unpaired) electrons. The number of imidazole rings is 1. The average Bonchev–Trinajstić information content (AvgIpc) is 3.13. The summed E-state index contributed by atoms with van der Waals surface area (Å²) in [6, 6.07) is 10.6. The number of hydrogen-bond acceptors (Lipinski definition) is 4. The summed E-state index contributed by atoms with van der Waals surface area (Å²) in [6.45, 7) is 0.937.